The third-order valence-electron chi connectivity index (χ3n) is 4.11. The van der Waals surface area contributed by atoms with Gasteiger partial charge >= 0.3 is 6.18 Å². The van der Waals surface area contributed by atoms with Crippen LogP contribution in [0.5, 0.6) is 5.75 Å². The Hall–Kier alpha value is -3.10. The first-order valence-corrected chi connectivity index (χ1v) is 9.77. The molecule has 4 nitrogen and oxygen atoms in total. The Labute approximate surface area is 187 Å². The summed E-state index contributed by atoms with van der Waals surface area (Å²) in [5.41, 5.74) is -0.108. The van der Waals surface area contributed by atoms with Crippen LogP contribution in [0.3, 0.4) is 0 Å². The minimum absolute atomic E-state index is 0.0693. The van der Waals surface area contributed by atoms with E-state index in [-0.39, 0.29) is 21.4 Å². The van der Waals surface area contributed by atoms with Gasteiger partial charge in [0.1, 0.15) is 12.4 Å². The zero-order valence-corrected chi connectivity index (χ0v) is 17.4. The van der Waals surface area contributed by atoms with Crippen molar-refractivity contribution in [3.8, 4) is 5.75 Å². The van der Waals surface area contributed by atoms with Crippen LogP contribution >= 0.6 is 23.8 Å². The SMILES string of the molecule is O=C(NC(=S)Nc1ccc(Cl)cc1C(F)(F)F)c1cccc(OCc2ccccc2)c1. The van der Waals surface area contributed by atoms with Crippen molar-refractivity contribution in [1.82, 2.24) is 5.32 Å². The fourth-order valence-corrected chi connectivity index (χ4v) is 3.03. The van der Waals surface area contributed by atoms with E-state index in [0.29, 0.717) is 12.4 Å². The van der Waals surface area contributed by atoms with Gasteiger partial charge in [-0.3, -0.25) is 10.1 Å². The molecule has 0 aliphatic rings. The normalized spacial score (nSPS) is 11.0. The van der Waals surface area contributed by atoms with Crippen molar-refractivity contribution >= 4 is 40.5 Å². The number of hydrogen-bond donors (Lipinski definition) is 2. The summed E-state index contributed by atoms with van der Waals surface area (Å²) in [5.74, 6) is -0.127. The first-order chi connectivity index (χ1) is 14.7. The van der Waals surface area contributed by atoms with E-state index in [9.17, 15) is 18.0 Å². The van der Waals surface area contributed by atoms with Gasteiger partial charge in [0, 0.05) is 10.6 Å². The summed E-state index contributed by atoms with van der Waals surface area (Å²) in [6.07, 6.45) is -4.64. The molecule has 0 bridgehead atoms. The molecule has 3 aromatic rings. The zero-order chi connectivity index (χ0) is 22.4. The molecule has 160 valence electrons. The second kappa shape index (κ2) is 9.80. The minimum atomic E-state index is -4.64. The van der Waals surface area contributed by atoms with Crippen molar-refractivity contribution in [2.24, 2.45) is 0 Å². The van der Waals surface area contributed by atoms with Gasteiger partial charge in [-0.1, -0.05) is 48.0 Å². The molecule has 31 heavy (non-hydrogen) atoms. The lowest BCUT2D eigenvalue weighted by Gasteiger charge is -2.16. The average Bonchev–Trinajstić information content (AvgIpc) is 2.73. The standard InChI is InChI=1S/C22H16ClF3N2O2S/c23-16-9-10-19(18(12-16)22(24,25)26)27-21(31)28-20(29)15-7-4-8-17(11-15)30-13-14-5-2-1-3-6-14/h1-12H,13H2,(H2,27,28,29,31). The summed E-state index contributed by atoms with van der Waals surface area (Å²) in [6.45, 7) is 0.322. The summed E-state index contributed by atoms with van der Waals surface area (Å²) in [6, 6.07) is 19.1. The number of rotatable bonds is 5. The van der Waals surface area contributed by atoms with Crippen LogP contribution in [0.1, 0.15) is 21.5 Å². The summed E-state index contributed by atoms with van der Waals surface area (Å²) in [5, 5.41) is 4.41. The van der Waals surface area contributed by atoms with E-state index < -0.39 is 17.6 Å². The third kappa shape index (κ3) is 6.44. The van der Waals surface area contributed by atoms with Crippen LogP contribution in [0.15, 0.2) is 72.8 Å². The number of hydrogen-bond acceptors (Lipinski definition) is 3. The Balaban J connectivity index is 1.65. The number of carbonyl (C=O) groups is 1. The maximum atomic E-state index is 13.2. The molecule has 0 spiro atoms. The van der Waals surface area contributed by atoms with Crippen molar-refractivity contribution in [2.75, 3.05) is 5.32 Å². The third-order valence-corrected chi connectivity index (χ3v) is 4.55. The number of anilines is 1. The van der Waals surface area contributed by atoms with Gasteiger partial charge in [-0.2, -0.15) is 13.2 Å². The molecule has 0 fully saturated rings. The Kier molecular flexibility index (Phi) is 7.14. The summed E-state index contributed by atoms with van der Waals surface area (Å²) in [7, 11) is 0. The molecule has 1 amide bonds. The van der Waals surface area contributed by atoms with Gasteiger partial charge in [0.25, 0.3) is 5.91 Å². The highest BCUT2D eigenvalue weighted by Crippen LogP contribution is 2.36. The highest BCUT2D eigenvalue weighted by Gasteiger charge is 2.34. The monoisotopic (exact) mass is 464 g/mol. The summed E-state index contributed by atoms with van der Waals surface area (Å²) >= 11 is 10.7. The number of carbonyl (C=O) groups excluding carboxylic acids is 1. The molecular weight excluding hydrogens is 449 g/mol. The van der Waals surface area contributed by atoms with E-state index in [4.69, 9.17) is 28.6 Å². The molecule has 0 unspecified atom stereocenters. The molecule has 0 aromatic heterocycles. The topological polar surface area (TPSA) is 50.4 Å². The van der Waals surface area contributed by atoms with Crippen LogP contribution in [0.4, 0.5) is 18.9 Å². The van der Waals surface area contributed by atoms with Crippen molar-refractivity contribution in [1.29, 1.82) is 0 Å². The molecular formula is C22H16ClF3N2O2S. The molecule has 0 radical (unpaired) electrons. The van der Waals surface area contributed by atoms with Crippen molar-refractivity contribution in [3.63, 3.8) is 0 Å². The molecule has 0 aliphatic heterocycles. The smallest absolute Gasteiger partial charge is 0.418 e. The van der Waals surface area contributed by atoms with Crippen molar-refractivity contribution in [3.05, 3.63) is 94.5 Å². The molecule has 3 aromatic carbocycles. The van der Waals surface area contributed by atoms with E-state index in [0.717, 1.165) is 17.7 Å². The maximum Gasteiger partial charge on any atom is 0.418 e. The van der Waals surface area contributed by atoms with E-state index in [1.54, 1.807) is 12.1 Å². The Morgan fingerprint density at radius 3 is 2.45 bits per heavy atom. The van der Waals surface area contributed by atoms with Gasteiger partial charge in [0.15, 0.2) is 5.11 Å². The molecule has 2 N–H and O–H groups in total. The Morgan fingerprint density at radius 1 is 1.00 bits per heavy atom. The summed E-state index contributed by atoms with van der Waals surface area (Å²) in [4.78, 5) is 12.5. The largest absolute Gasteiger partial charge is 0.489 e. The highest BCUT2D eigenvalue weighted by atomic mass is 35.5. The van der Waals surface area contributed by atoms with Gasteiger partial charge in [-0.15, -0.1) is 0 Å². The summed E-state index contributed by atoms with van der Waals surface area (Å²) < 4.78 is 45.3. The van der Waals surface area contributed by atoms with Crippen LogP contribution in [-0.4, -0.2) is 11.0 Å². The average molecular weight is 465 g/mol. The van der Waals surface area contributed by atoms with Gasteiger partial charge in [-0.05, 0) is 54.2 Å². The Bertz CT molecular complexity index is 1090. The number of benzene rings is 3. The number of amides is 1. The van der Waals surface area contributed by atoms with E-state index in [1.807, 2.05) is 30.3 Å². The molecule has 0 saturated carbocycles. The van der Waals surface area contributed by atoms with Gasteiger partial charge in [0.05, 0.1) is 11.3 Å². The van der Waals surface area contributed by atoms with Gasteiger partial charge in [0.2, 0.25) is 0 Å². The predicted molar refractivity (Wildman–Crippen MR) is 117 cm³/mol. The van der Waals surface area contributed by atoms with Crippen LogP contribution in [0, 0.1) is 0 Å². The van der Waals surface area contributed by atoms with Gasteiger partial charge < -0.3 is 10.1 Å². The van der Waals surface area contributed by atoms with Crippen LogP contribution < -0.4 is 15.4 Å². The molecule has 0 atom stereocenters. The van der Waals surface area contributed by atoms with Crippen LogP contribution in [-0.2, 0) is 12.8 Å². The lowest BCUT2D eigenvalue weighted by atomic mass is 10.1. The number of ether oxygens (including phenoxy) is 1. The predicted octanol–water partition coefficient (Wildman–Crippen LogP) is 6.06. The molecule has 3 rings (SSSR count). The fraction of sp³-hybridized carbons (Fsp3) is 0.0909. The van der Waals surface area contributed by atoms with E-state index in [2.05, 4.69) is 10.6 Å². The lowest BCUT2D eigenvalue weighted by molar-refractivity contribution is -0.136. The molecule has 0 aliphatic carbocycles. The quantitative estimate of drug-likeness (QED) is 0.450. The first-order valence-electron chi connectivity index (χ1n) is 8.98. The zero-order valence-electron chi connectivity index (χ0n) is 15.9. The van der Waals surface area contributed by atoms with Crippen molar-refractivity contribution in [2.45, 2.75) is 12.8 Å². The van der Waals surface area contributed by atoms with E-state index in [1.165, 1.54) is 18.2 Å². The highest BCUT2D eigenvalue weighted by molar-refractivity contribution is 7.80. The van der Waals surface area contributed by atoms with E-state index >= 15 is 0 Å². The maximum absolute atomic E-state index is 13.2. The minimum Gasteiger partial charge on any atom is -0.489 e. The molecule has 9 heteroatoms. The first kappa shape index (κ1) is 22.6. The van der Waals surface area contributed by atoms with Crippen LogP contribution in [0.25, 0.3) is 0 Å². The number of halogens is 4. The second-order valence-corrected chi connectivity index (χ2v) is 7.24. The number of thiocarbonyl (C=S) groups is 1. The lowest BCUT2D eigenvalue weighted by Crippen LogP contribution is -2.34. The number of alkyl halides is 3. The van der Waals surface area contributed by atoms with Crippen molar-refractivity contribution < 1.29 is 22.7 Å². The molecule has 0 saturated heterocycles. The molecule has 0 heterocycles. The second-order valence-electron chi connectivity index (χ2n) is 6.40. The fourth-order valence-electron chi connectivity index (χ4n) is 2.66. The van der Waals surface area contributed by atoms with Crippen LogP contribution in [0.2, 0.25) is 5.02 Å². The Morgan fingerprint density at radius 2 is 1.74 bits per heavy atom. The number of nitrogens with one attached hydrogen (secondary N) is 2. The van der Waals surface area contributed by atoms with Gasteiger partial charge in [-0.25, -0.2) is 0 Å².